The monoisotopic (exact) mass is 320 g/mol. The Bertz CT molecular complexity index is 516. The molecule has 1 heterocycles. The summed E-state index contributed by atoms with van der Waals surface area (Å²) in [6, 6.07) is 6.65. The number of sulfonamides is 1. The molecule has 1 aromatic carbocycles. The number of halogens is 1. The minimum Gasteiger partial charge on any atom is -0.495 e. The highest BCUT2D eigenvalue weighted by atomic mass is 35.5. The van der Waals surface area contributed by atoms with Crippen LogP contribution in [0.5, 0.6) is 5.75 Å². The topological polar surface area (TPSA) is 67.4 Å². The van der Waals surface area contributed by atoms with Crippen LogP contribution in [0.25, 0.3) is 0 Å². The zero-order chi connectivity index (χ0) is 13.7. The molecular weight excluding hydrogens is 300 g/mol. The maximum Gasteiger partial charge on any atom is 0.244 e. The van der Waals surface area contributed by atoms with Gasteiger partial charge in [0.1, 0.15) is 10.6 Å². The molecule has 1 aromatic rings. The van der Waals surface area contributed by atoms with Crippen molar-refractivity contribution in [3.8, 4) is 5.75 Å². The second-order valence-corrected chi connectivity index (χ2v) is 6.45. The molecular formula is C13H21ClN2O3S. The summed E-state index contributed by atoms with van der Waals surface area (Å²) in [7, 11) is -2.03. The van der Waals surface area contributed by atoms with Crippen LogP contribution in [0.3, 0.4) is 0 Å². The van der Waals surface area contributed by atoms with E-state index in [0.29, 0.717) is 18.2 Å². The van der Waals surface area contributed by atoms with E-state index in [1.807, 2.05) is 0 Å². The molecule has 2 rings (SSSR count). The average molecular weight is 321 g/mol. The maximum absolute atomic E-state index is 12.2. The van der Waals surface area contributed by atoms with Gasteiger partial charge in [-0.05, 0) is 44.0 Å². The third kappa shape index (κ3) is 4.34. The Morgan fingerprint density at radius 2 is 2.15 bits per heavy atom. The first-order valence-electron chi connectivity index (χ1n) is 6.47. The minimum absolute atomic E-state index is 0. The van der Waals surface area contributed by atoms with Crippen LogP contribution < -0.4 is 14.8 Å². The van der Waals surface area contributed by atoms with Crippen molar-refractivity contribution in [1.29, 1.82) is 0 Å². The number of nitrogens with one attached hydrogen (secondary N) is 2. The van der Waals surface area contributed by atoms with Gasteiger partial charge in [0, 0.05) is 6.54 Å². The smallest absolute Gasteiger partial charge is 0.244 e. The van der Waals surface area contributed by atoms with Gasteiger partial charge >= 0.3 is 0 Å². The number of hydrogen-bond acceptors (Lipinski definition) is 4. The summed E-state index contributed by atoms with van der Waals surface area (Å²) in [5.41, 5.74) is 0. The van der Waals surface area contributed by atoms with Crippen LogP contribution in [0.1, 0.15) is 12.8 Å². The van der Waals surface area contributed by atoms with Gasteiger partial charge in [-0.25, -0.2) is 13.1 Å². The van der Waals surface area contributed by atoms with Crippen molar-refractivity contribution in [1.82, 2.24) is 10.0 Å². The lowest BCUT2D eigenvalue weighted by molar-refractivity contribution is 0.374. The van der Waals surface area contributed by atoms with E-state index in [9.17, 15) is 8.42 Å². The fourth-order valence-corrected chi connectivity index (χ4v) is 3.53. The number of ether oxygens (including phenoxy) is 1. The summed E-state index contributed by atoms with van der Waals surface area (Å²) < 4.78 is 32.2. The molecule has 1 aliphatic rings. The molecule has 114 valence electrons. The molecule has 0 amide bonds. The summed E-state index contributed by atoms with van der Waals surface area (Å²) in [4.78, 5) is 0.196. The Morgan fingerprint density at radius 1 is 1.40 bits per heavy atom. The van der Waals surface area contributed by atoms with Gasteiger partial charge in [-0.1, -0.05) is 12.1 Å². The number of hydrogen-bond donors (Lipinski definition) is 2. The van der Waals surface area contributed by atoms with Crippen molar-refractivity contribution in [2.45, 2.75) is 17.7 Å². The lowest BCUT2D eigenvalue weighted by atomic mass is 10.0. The Hall–Kier alpha value is -0.820. The SMILES string of the molecule is COc1ccccc1S(=O)(=O)NCC1CCCNC1.Cl. The zero-order valence-electron chi connectivity index (χ0n) is 11.5. The fraction of sp³-hybridized carbons (Fsp3) is 0.538. The summed E-state index contributed by atoms with van der Waals surface area (Å²) >= 11 is 0. The first-order valence-corrected chi connectivity index (χ1v) is 7.95. The quantitative estimate of drug-likeness (QED) is 0.860. The van der Waals surface area contributed by atoms with Crippen molar-refractivity contribution in [2.24, 2.45) is 5.92 Å². The molecule has 0 spiro atoms. The van der Waals surface area contributed by atoms with Gasteiger partial charge < -0.3 is 10.1 Å². The maximum atomic E-state index is 12.2. The molecule has 0 bridgehead atoms. The van der Waals surface area contributed by atoms with Crippen LogP contribution >= 0.6 is 12.4 Å². The third-order valence-electron chi connectivity index (χ3n) is 3.32. The standard InChI is InChI=1S/C13H20N2O3S.ClH/c1-18-12-6-2-3-7-13(12)19(16,17)15-10-11-5-4-8-14-9-11;/h2-3,6-7,11,14-15H,4-5,8-10H2,1H3;1H. The predicted molar refractivity (Wildman–Crippen MR) is 81.0 cm³/mol. The summed E-state index contributed by atoms with van der Waals surface area (Å²) in [6.07, 6.45) is 2.16. The number of piperidine rings is 1. The second-order valence-electron chi connectivity index (χ2n) is 4.72. The van der Waals surface area contributed by atoms with E-state index in [-0.39, 0.29) is 17.3 Å². The normalized spacial score (nSPS) is 19.1. The molecule has 5 nitrogen and oxygen atoms in total. The average Bonchev–Trinajstić information content (AvgIpc) is 2.46. The fourth-order valence-electron chi connectivity index (χ4n) is 2.24. The van der Waals surface area contributed by atoms with Gasteiger partial charge in [0.05, 0.1) is 7.11 Å². The molecule has 1 saturated heterocycles. The van der Waals surface area contributed by atoms with Crippen molar-refractivity contribution < 1.29 is 13.2 Å². The molecule has 1 unspecified atom stereocenters. The molecule has 20 heavy (non-hydrogen) atoms. The molecule has 0 aliphatic carbocycles. The van der Waals surface area contributed by atoms with Crippen LogP contribution in [0.15, 0.2) is 29.2 Å². The molecule has 2 N–H and O–H groups in total. The van der Waals surface area contributed by atoms with Crippen LogP contribution in [-0.4, -0.2) is 35.2 Å². The molecule has 7 heteroatoms. The second kappa shape index (κ2) is 7.83. The van der Waals surface area contributed by atoms with Crippen molar-refractivity contribution in [2.75, 3.05) is 26.7 Å². The van der Waals surface area contributed by atoms with Crippen molar-refractivity contribution in [3.05, 3.63) is 24.3 Å². The highest BCUT2D eigenvalue weighted by molar-refractivity contribution is 7.89. The Morgan fingerprint density at radius 3 is 2.80 bits per heavy atom. The molecule has 1 atom stereocenters. The lowest BCUT2D eigenvalue weighted by Gasteiger charge is -2.23. The number of rotatable bonds is 5. The molecule has 0 aromatic heterocycles. The summed E-state index contributed by atoms with van der Waals surface area (Å²) in [5, 5.41) is 3.27. The van der Waals surface area contributed by atoms with E-state index in [4.69, 9.17) is 4.74 Å². The lowest BCUT2D eigenvalue weighted by Crippen LogP contribution is -2.38. The van der Waals surface area contributed by atoms with Gasteiger partial charge in [0.15, 0.2) is 0 Å². The van der Waals surface area contributed by atoms with Gasteiger partial charge in [-0.3, -0.25) is 0 Å². The van der Waals surface area contributed by atoms with E-state index in [2.05, 4.69) is 10.0 Å². The first-order chi connectivity index (χ1) is 9.13. The highest BCUT2D eigenvalue weighted by Crippen LogP contribution is 2.22. The van der Waals surface area contributed by atoms with Crippen molar-refractivity contribution in [3.63, 3.8) is 0 Å². The predicted octanol–water partition coefficient (Wildman–Crippen LogP) is 1.39. The van der Waals surface area contributed by atoms with Crippen LogP contribution in [0.4, 0.5) is 0 Å². The van der Waals surface area contributed by atoms with Crippen LogP contribution in [-0.2, 0) is 10.0 Å². The molecule has 1 aliphatic heterocycles. The van der Waals surface area contributed by atoms with E-state index in [0.717, 1.165) is 25.9 Å². The minimum atomic E-state index is -3.51. The van der Waals surface area contributed by atoms with Crippen LogP contribution in [0.2, 0.25) is 0 Å². The molecule has 0 saturated carbocycles. The summed E-state index contributed by atoms with van der Waals surface area (Å²) in [5.74, 6) is 0.731. The number of para-hydroxylation sites is 1. The van der Waals surface area contributed by atoms with Crippen molar-refractivity contribution >= 4 is 22.4 Å². The van der Waals surface area contributed by atoms with Crippen LogP contribution in [0, 0.1) is 5.92 Å². The number of benzene rings is 1. The number of methoxy groups -OCH3 is 1. The van der Waals surface area contributed by atoms with Gasteiger partial charge in [-0.15, -0.1) is 12.4 Å². The highest BCUT2D eigenvalue weighted by Gasteiger charge is 2.21. The summed E-state index contributed by atoms with van der Waals surface area (Å²) in [6.45, 7) is 2.36. The van der Waals surface area contributed by atoms with E-state index >= 15 is 0 Å². The molecule has 1 fully saturated rings. The first kappa shape index (κ1) is 17.2. The van der Waals surface area contributed by atoms with E-state index < -0.39 is 10.0 Å². The van der Waals surface area contributed by atoms with Gasteiger partial charge in [0.2, 0.25) is 10.0 Å². The Kier molecular flexibility index (Phi) is 6.75. The largest absolute Gasteiger partial charge is 0.495 e. The Labute approximate surface area is 126 Å². The Balaban J connectivity index is 0.00000200. The van der Waals surface area contributed by atoms with Gasteiger partial charge in [0.25, 0.3) is 0 Å². The zero-order valence-corrected chi connectivity index (χ0v) is 13.1. The third-order valence-corrected chi connectivity index (χ3v) is 4.78. The molecule has 0 radical (unpaired) electrons. The van der Waals surface area contributed by atoms with E-state index in [1.54, 1.807) is 24.3 Å². The van der Waals surface area contributed by atoms with E-state index in [1.165, 1.54) is 7.11 Å². The van der Waals surface area contributed by atoms with Gasteiger partial charge in [-0.2, -0.15) is 0 Å².